The van der Waals surface area contributed by atoms with E-state index < -0.39 is 11.9 Å². The third kappa shape index (κ3) is 3.46. The van der Waals surface area contributed by atoms with Gasteiger partial charge in [-0.25, -0.2) is 4.39 Å². The van der Waals surface area contributed by atoms with E-state index in [-0.39, 0.29) is 17.8 Å². The molecule has 1 saturated heterocycles. The summed E-state index contributed by atoms with van der Waals surface area (Å²) in [4.78, 5) is 12.0. The van der Waals surface area contributed by atoms with Crippen molar-refractivity contribution >= 4 is 11.6 Å². The fourth-order valence-corrected chi connectivity index (χ4v) is 2.15. The quantitative estimate of drug-likeness (QED) is 0.861. The fourth-order valence-electron chi connectivity index (χ4n) is 2.15. The van der Waals surface area contributed by atoms with E-state index in [1.54, 1.807) is 13.0 Å². The molecule has 0 radical (unpaired) electrons. The first-order valence-electron chi connectivity index (χ1n) is 6.72. The maximum absolute atomic E-state index is 13.7. The summed E-state index contributed by atoms with van der Waals surface area (Å²) in [6.45, 7) is 2.57. The lowest BCUT2D eigenvalue weighted by Gasteiger charge is -2.13. The van der Waals surface area contributed by atoms with Gasteiger partial charge in [-0.3, -0.25) is 4.79 Å². The van der Waals surface area contributed by atoms with E-state index in [9.17, 15) is 9.18 Å². The van der Waals surface area contributed by atoms with Crippen LogP contribution in [0.1, 0.15) is 19.8 Å². The molecule has 3 N–H and O–H groups in total. The van der Waals surface area contributed by atoms with Crippen LogP contribution in [0.3, 0.4) is 0 Å². The zero-order chi connectivity index (χ0) is 14.5. The van der Waals surface area contributed by atoms with Crippen molar-refractivity contribution in [3.8, 4) is 5.75 Å². The molecular formula is C14H19FN2O3. The molecule has 2 atom stereocenters. The molecule has 0 unspecified atom stereocenters. The van der Waals surface area contributed by atoms with Gasteiger partial charge in [-0.05, 0) is 31.9 Å². The molecule has 110 valence electrons. The first-order chi connectivity index (χ1) is 9.63. The van der Waals surface area contributed by atoms with Crippen molar-refractivity contribution in [1.82, 2.24) is 0 Å². The number of halogens is 1. The van der Waals surface area contributed by atoms with Crippen LogP contribution >= 0.6 is 0 Å². The van der Waals surface area contributed by atoms with Crippen LogP contribution in [-0.4, -0.2) is 31.3 Å². The van der Waals surface area contributed by atoms with E-state index in [0.29, 0.717) is 25.3 Å². The van der Waals surface area contributed by atoms with E-state index in [0.717, 1.165) is 6.42 Å². The van der Waals surface area contributed by atoms with Gasteiger partial charge >= 0.3 is 0 Å². The van der Waals surface area contributed by atoms with Crippen molar-refractivity contribution in [1.29, 1.82) is 0 Å². The van der Waals surface area contributed by atoms with Crippen molar-refractivity contribution < 1.29 is 18.7 Å². The molecule has 1 aromatic carbocycles. The van der Waals surface area contributed by atoms with Crippen LogP contribution in [-0.2, 0) is 9.53 Å². The van der Waals surface area contributed by atoms with Gasteiger partial charge in [0.1, 0.15) is 6.10 Å². The normalized spacial score (nSPS) is 21.8. The van der Waals surface area contributed by atoms with Crippen LogP contribution in [0.5, 0.6) is 5.75 Å². The van der Waals surface area contributed by atoms with E-state index in [1.165, 1.54) is 12.1 Å². The molecule has 1 aliphatic rings. The van der Waals surface area contributed by atoms with Gasteiger partial charge in [0.2, 0.25) is 0 Å². The number of nitrogens with one attached hydrogen (secondary N) is 1. The third-order valence-electron chi connectivity index (χ3n) is 3.16. The predicted octanol–water partition coefficient (Wildman–Crippen LogP) is 1.67. The molecule has 1 fully saturated rings. The molecule has 0 aromatic heterocycles. The van der Waals surface area contributed by atoms with Crippen LogP contribution in [0.25, 0.3) is 0 Å². The zero-order valence-corrected chi connectivity index (χ0v) is 11.4. The zero-order valence-electron chi connectivity index (χ0n) is 11.4. The third-order valence-corrected chi connectivity index (χ3v) is 3.16. The maximum atomic E-state index is 13.7. The van der Waals surface area contributed by atoms with Crippen molar-refractivity contribution in [2.45, 2.75) is 32.0 Å². The van der Waals surface area contributed by atoms with Gasteiger partial charge in [-0.15, -0.1) is 0 Å². The highest BCUT2D eigenvalue weighted by atomic mass is 19.1. The average Bonchev–Trinajstić information content (AvgIpc) is 2.91. The monoisotopic (exact) mass is 282 g/mol. The lowest BCUT2D eigenvalue weighted by Crippen LogP contribution is -2.29. The van der Waals surface area contributed by atoms with Crippen molar-refractivity contribution in [2.24, 2.45) is 5.73 Å². The number of ether oxygens (including phenoxy) is 2. The second-order valence-corrected chi connectivity index (χ2v) is 4.63. The molecule has 1 aromatic rings. The van der Waals surface area contributed by atoms with Gasteiger partial charge in [0, 0.05) is 18.3 Å². The number of anilines is 1. The minimum absolute atomic E-state index is 0.0668. The molecule has 1 amide bonds. The minimum Gasteiger partial charge on any atom is -0.491 e. The molecule has 20 heavy (non-hydrogen) atoms. The first kappa shape index (κ1) is 14.7. The Morgan fingerprint density at radius 3 is 2.95 bits per heavy atom. The fraction of sp³-hybridized carbons (Fsp3) is 0.500. The Balaban J connectivity index is 1.96. The lowest BCUT2D eigenvalue weighted by atomic mass is 10.2. The van der Waals surface area contributed by atoms with E-state index in [2.05, 4.69) is 5.32 Å². The number of benzene rings is 1. The topological polar surface area (TPSA) is 73.6 Å². The van der Waals surface area contributed by atoms with Crippen LogP contribution < -0.4 is 15.8 Å². The number of carbonyl (C=O) groups excluding carboxylic acids is 1. The van der Waals surface area contributed by atoms with Gasteiger partial charge in [-0.2, -0.15) is 0 Å². The number of nitrogens with two attached hydrogens (primary N) is 1. The van der Waals surface area contributed by atoms with E-state index in [1.807, 2.05) is 0 Å². The average molecular weight is 282 g/mol. The number of amides is 1. The van der Waals surface area contributed by atoms with Crippen LogP contribution in [0.2, 0.25) is 0 Å². The Bertz CT molecular complexity index is 481. The molecule has 5 nitrogen and oxygen atoms in total. The molecule has 0 bridgehead atoms. The predicted molar refractivity (Wildman–Crippen MR) is 73.1 cm³/mol. The Morgan fingerprint density at radius 1 is 1.55 bits per heavy atom. The summed E-state index contributed by atoms with van der Waals surface area (Å²) in [6, 6.07) is 4.33. The number of hydrogen-bond acceptors (Lipinski definition) is 4. The second kappa shape index (κ2) is 6.67. The van der Waals surface area contributed by atoms with Gasteiger partial charge in [0.05, 0.1) is 12.7 Å². The van der Waals surface area contributed by atoms with Crippen molar-refractivity contribution in [2.75, 3.05) is 18.5 Å². The summed E-state index contributed by atoms with van der Waals surface area (Å²) >= 11 is 0. The van der Waals surface area contributed by atoms with Crippen molar-refractivity contribution in [3.05, 3.63) is 24.0 Å². The highest BCUT2D eigenvalue weighted by Crippen LogP contribution is 2.23. The Morgan fingerprint density at radius 2 is 2.35 bits per heavy atom. The summed E-state index contributed by atoms with van der Waals surface area (Å²) in [5.74, 6) is -0.604. The Labute approximate surface area is 117 Å². The molecule has 0 spiro atoms. The van der Waals surface area contributed by atoms with Crippen LogP contribution in [0.4, 0.5) is 10.1 Å². The Hall–Kier alpha value is -1.66. The number of carbonyl (C=O) groups is 1. The molecule has 1 aliphatic heterocycles. The first-order valence-corrected chi connectivity index (χ1v) is 6.72. The molecule has 0 aliphatic carbocycles. The minimum atomic E-state index is -0.516. The lowest BCUT2D eigenvalue weighted by molar-refractivity contribution is -0.126. The molecule has 6 heteroatoms. The van der Waals surface area contributed by atoms with Crippen molar-refractivity contribution in [3.63, 3.8) is 0 Å². The highest BCUT2D eigenvalue weighted by molar-refractivity contribution is 5.94. The van der Waals surface area contributed by atoms with Gasteiger partial charge < -0.3 is 20.5 Å². The summed E-state index contributed by atoms with van der Waals surface area (Å²) in [5, 5.41) is 2.64. The largest absolute Gasteiger partial charge is 0.491 e. The molecular weight excluding hydrogens is 263 g/mol. The summed E-state index contributed by atoms with van der Waals surface area (Å²) in [7, 11) is 0. The van der Waals surface area contributed by atoms with Crippen LogP contribution in [0, 0.1) is 5.82 Å². The Kier molecular flexibility index (Phi) is 4.92. The summed E-state index contributed by atoms with van der Waals surface area (Å²) in [5.41, 5.74) is 5.88. The van der Waals surface area contributed by atoms with Crippen LogP contribution in [0.15, 0.2) is 18.2 Å². The number of hydrogen-bond donors (Lipinski definition) is 2. The number of rotatable bonds is 5. The maximum Gasteiger partial charge on any atom is 0.253 e. The second-order valence-electron chi connectivity index (χ2n) is 4.63. The van der Waals surface area contributed by atoms with Gasteiger partial charge in [0.15, 0.2) is 11.6 Å². The SMILES string of the molecule is CCOc1ccc(NC(=O)[C@@H]2CC[C@H](CN)O2)cc1F. The smallest absolute Gasteiger partial charge is 0.253 e. The van der Waals surface area contributed by atoms with Gasteiger partial charge in [-0.1, -0.05) is 0 Å². The van der Waals surface area contributed by atoms with E-state index in [4.69, 9.17) is 15.2 Å². The summed E-state index contributed by atoms with van der Waals surface area (Å²) < 4.78 is 24.2. The molecule has 2 rings (SSSR count). The standard InChI is InChI=1S/C14H19FN2O3/c1-2-19-12-5-3-9(7-11(12)15)17-14(18)13-6-4-10(8-16)20-13/h3,5,7,10,13H,2,4,6,8,16H2,1H3,(H,17,18)/t10-,13+/m1/s1. The summed E-state index contributed by atoms with van der Waals surface area (Å²) in [6.07, 6.45) is 0.820. The highest BCUT2D eigenvalue weighted by Gasteiger charge is 2.29. The van der Waals surface area contributed by atoms with Gasteiger partial charge in [0.25, 0.3) is 5.91 Å². The molecule has 1 heterocycles. The molecule has 0 saturated carbocycles. The van der Waals surface area contributed by atoms with E-state index >= 15 is 0 Å².